The largest absolute Gasteiger partial charge is 0.307 e. The van der Waals surface area contributed by atoms with Gasteiger partial charge in [-0.15, -0.1) is 0 Å². The molecule has 2 aliphatic rings. The standard InChI is InChI=1S/C30H34N2O/c1-21-5-8-26(9-6-21)29(33)32-20-30(27-18-22(2)7-10-28(27)32)11-13-31(14-12-30)19-25-16-23(3)15-24(4)17-25/h5-10,15-18H,11-14,19-20H2,1-4H3. The molecule has 1 spiro atoms. The number of hydrogen-bond donors (Lipinski definition) is 0. The lowest BCUT2D eigenvalue weighted by atomic mass is 9.74. The Morgan fingerprint density at radius 2 is 1.42 bits per heavy atom. The number of amides is 1. The lowest BCUT2D eigenvalue weighted by molar-refractivity contribution is 0.0975. The van der Waals surface area contributed by atoms with Gasteiger partial charge in [0.1, 0.15) is 0 Å². The van der Waals surface area contributed by atoms with Gasteiger partial charge in [0.25, 0.3) is 5.91 Å². The molecule has 1 amide bonds. The number of anilines is 1. The molecule has 1 fully saturated rings. The summed E-state index contributed by atoms with van der Waals surface area (Å²) in [4.78, 5) is 18.1. The van der Waals surface area contributed by atoms with Gasteiger partial charge in [-0.25, -0.2) is 0 Å². The zero-order chi connectivity index (χ0) is 23.2. The highest BCUT2D eigenvalue weighted by Gasteiger charge is 2.46. The summed E-state index contributed by atoms with van der Waals surface area (Å²) in [6.07, 6.45) is 2.18. The van der Waals surface area contributed by atoms with Crippen LogP contribution in [0.3, 0.4) is 0 Å². The van der Waals surface area contributed by atoms with Crippen molar-refractivity contribution in [3.8, 4) is 0 Å². The molecular formula is C30H34N2O. The van der Waals surface area contributed by atoms with Gasteiger partial charge in [-0.1, -0.05) is 64.7 Å². The molecule has 5 rings (SSSR count). The maximum atomic E-state index is 13.5. The SMILES string of the molecule is Cc1ccc(C(=O)N2CC3(CCN(Cc4cc(C)cc(C)c4)CC3)c3cc(C)ccc32)cc1. The van der Waals surface area contributed by atoms with E-state index in [0.717, 1.165) is 50.3 Å². The smallest absolute Gasteiger partial charge is 0.258 e. The second-order valence-electron chi connectivity index (χ2n) is 10.3. The zero-order valence-electron chi connectivity index (χ0n) is 20.3. The molecule has 2 heterocycles. The second-order valence-corrected chi connectivity index (χ2v) is 10.3. The fraction of sp³-hybridized carbons (Fsp3) is 0.367. The Morgan fingerprint density at radius 3 is 2.09 bits per heavy atom. The highest BCUT2D eigenvalue weighted by Crippen LogP contribution is 2.48. The van der Waals surface area contributed by atoms with Crippen LogP contribution in [0.5, 0.6) is 0 Å². The molecule has 3 heteroatoms. The van der Waals surface area contributed by atoms with Crippen LogP contribution < -0.4 is 4.90 Å². The first-order chi connectivity index (χ1) is 15.8. The highest BCUT2D eigenvalue weighted by atomic mass is 16.2. The normalized spacial score (nSPS) is 17.4. The van der Waals surface area contributed by atoms with E-state index in [2.05, 4.69) is 69.0 Å². The van der Waals surface area contributed by atoms with Crippen molar-refractivity contribution in [2.45, 2.75) is 52.5 Å². The molecular weight excluding hydrogens is 404 g/mol. The van der Waals surface area contributed by atoms with Gasteiger partial charge in [0.15, 0.2) is 0 Å². The average Bonchev–Trinajstić information content (AvgIpc) is 3.08. The summed E-state index contributed by atoms with van der Waals surface area (Å²) in [5.74, 6) is 0.120. The number of benzene rings is 3. The number of carbonyl (C=O) groups excluding carboxylic acids is 1. The quantitative estimate of drug-likeness (QED) is 0.492. The molecule has 0 aromatic heterocycles. The Bertz CT molecular complexity index is 1170. The number of nitrogens with zero attached hydrogens (tertiary/aromatic N) is 2. The van der Waals surface area contributed by atoms with Crippen LogP contribution in [0.2, 0.25) is 0 Å². The third kappa shape index (κ3) is 4.22. The topological polar surface area (TPSA) is 23.6 Å². The minimum atomic E-state index is 0.0563. The van der Waals surface area contributed by atoms with Crippen molar-refractivity contribution in [2.75, 3.05) is 24.5 Å². The van der Waals surface area contributed by atoms with Crippen LogP contribution >= 0.6 is 0 Å². The van der Waals surface area contributed by atoms with E-state index >= 15 is 0 Å². The number of likely N-dealkylation sites (tertiary alicyclic amines) is 1. The number of fused-ring (bicyclic) bond motifs is 2. The first-order valence-electron chi connectivity index (χ1n) is 12.1. The monoisotopic (exact) mass is 438 g/mol. The Morgan fingerprint density at radius 1 is 0.788 bits per heavy atom. The van der Waals surface area contributed by atoms with Gasteiger partial charge < -0.3 is 4.90 Å². The molecule has 0 bridgehead atoms. The van der Waals surface area contributed by atoms with E-state index in [1.165, 1.54) is 33.4 Å². The minimum absolute atomic E-state index is 0.0563. The van der Waals surface area contributed by atoms with Crippen molar-refractivity contribution >= 4 is 11.6 Å². The van der Waals surface area contributed by atoms with Gasteiger partial charge in [-0.2, -0.15) is 0 Å². The summed E-state index contributed by atoms with van der Waals surface area (Å²) >= 11 is 0. The molecule has 3 aromatic rings. The molecule has 3 nitrogen and oxygen atoms in total. The van der Waals surface area contributed by atoms with Crippen LogP contribution in [0.15, 0.2) is 60.7 Å². The Balaban J connectivity index is 1.38. The number of aryl methyl sites for hydroxylation is 4. The van der Waals surface area contributed by atoms with Gasteiger partial charge in [0.05, 0.1) is 0 Å². The molecule has 3 aromatic carbocycles. The van der Waals surface area contributed by atoms with Gasteiger partial charge in [0, 0.05) is 29.8 Å². The molecule has 170 valence electrons. The lowest BCUT2D eigenvalue weighted by Crippen LogP contribution is -2.45. The van der Waals surface area contributed by atoms with E-state index in [4.69, 9.17) is 0 Å². The molecule has 1 saturated heterocycles. The first kappa shape index (κ1) is 21.9. The molecule has 0 unspecified atom stereocenters. The fourth-order valence-electron chi connectivity index (χ4n) is 5.80. The van der Waals surface area contributed by atoms with Crippen LogP contribution in [0, 0.1) is 27.7 Å². The molecule has 0 atom stereocenters. The predicted molar refractivity (Wildman–Crippen MR) is 136 cm³/mol. The summed E-state index contributed by atoms with van der Waals surface area (Å²) in [5, 5.41) is 0. The number of carbonyl (C=O) groups is 1. The minimum Gasteiger partial charge on any atom is -0.307 e. The van der Waals surface area contributed by atoms with Crippen LogP contribution in [0.1, 0.15) is 56.6 Å². The van der Waals surface area contributed by atoms with E-state index in [1.54, 1.807) is 0 Å². The Kier molecular flexibility index (Phi) is 5.62. The summed E-state index contributed by atoms with van der Waals surface area (Å²) in [6.45, 7) is 12.5. The lowest BCUT2D eigenvalue weighted by Gasteiger charge is -2.40. The third-order valence-electron chi connectivity index (χ3n) is 7.52. The Labute approximate surface area is 198 Å². The molecule has 2 aliphatic heterocycles. The first-order valence-corrected chi connectivity index (χ1v) is 12.1. The van der Waals surface area contributed by atoms with Crippen molar-refractivity contribution in [2.24, 2.45) is 0 Å². The second kappa shape index (κ2) is 8.46. The Hall–Kier alpha value is -2.91. The van der Waals surface area contributed by atoms with Gasteiger partial charge in [0.2, 0.25) is 0 Å². The molecule has 33 heavy (non-hydrogen) atoms. The van der Waals surface area contributed by atoms with E-state index in [1.807, 2.05) is 29.2 Å². The van der Waals surface area contributed by atoms with Gasteiger partial charge in [-0.05, 0) is 83.0 Å². The highest BCUT2D eigenvalue weighted by molar-refractivity contribution is 6.07. The van der Waals surface area contributed by atoms with Crippen LogP contribution in [-0.4, -0.2) is 30.4 Å². The van der Waals surface area contributed by atoms with Crippen LogP contribution in [0.25, 0.3) is 0 Å². The summed E-state index contributed by atoms with van der Waals surface area (Å²) < 4.78 is 0. The predicted octanol–water partition coefficient (Wildman–Crippen LogP) is 6.11. The fourth-order valence-corrected chi connectivity index (χ4v) is 5.80. The van der Waals surface area contributed by atoms with E-state index in [9.17, 15) is 4.79 Å². The molecule has 0 aliphatic carbocycles. The zero-order valence-corrected chi connectivity index (χ0v) is 20.3. The van der Waals surface area contributed by atoms with E-state index < -0.39 is 0 Å². The summed E-state index contributed by atoms with van der Waals surface area (Å²) in [5.41, 5.74) is 9.84. The van der Waals surface area contributed by atoms with Crippen molar-refractivity contribution in [1.29, 1.82) is 0 Å². The van der Waals surface area contributed by atoms with E-state index in [0.29, 0.717) is 0 Å². The molecule has 0 radical (unpaired) electrons. The van der Waals surface area contributed by atoms with Crippen molar-refractivity contribution in [3.05, 3.63) is 99.6 Å². The summed E-state index contributed by atoms with van der Waals surface area (Å²) in [7, 11) is 0. The van der Waals surface area contributed by atoms with Crippen LogP contribution in [0.4, 0.5) is 5.69 Å². The van der Waals surface area contributed by atoms with Crippen LogP contribution in [-0.2, 0) is 12.0 Å². The maximum absolute atomic E-state index is 13.5. The number of rotatable bonds is 3. The third-order valence-corrected chi connectivity index (χ3v) is 7.52. The van der Waals surface area contributed by atoms with Crippen molar-refractivity contribution < 1.29 is 4.79 Å². The number of piperidine rings is 1. The van der Waals surface area contributed by atoms with Crippen molar-refractivity contribution in [3.63, 3.8) is 0 Å². The molecule has 0 saturated carbocycles. The average molecular weight is 439 g/mol. The van der Waals surface area contributed by atoms with Gasteiger partial charge >= 0.3 is 0 Å². The molecule has 0 N–H and O–H groups in total. The van der Waals surface area contributed by atoms with Crippen molar-refractivity contribution in [1.82, 2.24) is 4.90 Å². The van der Waals surface area contributed by atoms with E-state index in [-0.39, 0.29) is 11.3 Å². The maximum Gasteiger partial charge on any atom is 0.258 e. The summed E-state index contributed by atoms with van der Waals surface area (Å²) in [6, 6.07) is 21.5. The number of hydrogen-bond acceptors (Lipinski definition) is 2. The van der Waals surface area contributed by atoms with Gasteiger partial charge in [-0.3, -0.25) is 9.69 Å².